The van der Waals surface area contributed by atoms with Crippen molar-refractivity contribution in [2.45, 2.75) is 12.4 Å². The van der Waals surface area contributed by atoms with Gasteiger partial charge in [-0.25, -0.2) is 4.79 Å². The van der Waals surface area contributed by atoms with Gasteiger partial charge in [0.2, 0.25) is 5.28 Å². The van der Waals surface area contributed by atoms with E-state index in [1.165, 1.54) is 11.6 Å². The first-order valence-corrected chi connectivity index (χ1v) is 7.80. The summed E-state index contributed by atoms with van der Waals surface area (Å²) in [4.78, 5) is 28.6. The summed E-state index contributed by atoms with van der Waals surface area (Å²) in [6.45, 7) is 0.380. The van der Waals surface area contributed by atoms with Gasteiger partial charge in [0.25, 0.3) is 5.56 Å². The molecule has 23 heavy (non-hydrogen) atoms. The smallest absolute Gasteiger partial charge is 0.304 e. The molecule has 8 heteroatoms. The van der Waals surface area contributed by atoms with E-state index in [1.807, 2.05) is 24.3 Å². The van der Waals surface area contributed by atoms with Crippen LogP contribution >= 0.6 is 23.2 Å². The topological polar surface area (TPSA) is 61.8 Å². The van der Waals surface area contributed by atoms with Crippen LogP contribution in [0.15, 0.2) is 33.9 Å². The number of rotatable bonds is 3. The lowest BCUT2D eigenvalue weighted by atomic mass is 10.1. The molecular formula is C15H14Cl2N4O2. The van der Waals surface area contributed by atoms with Crippen molar-refractivity contribution in [3.8, 4) is 0 Å². The van der Waals surface area contributed by atoms with Crippen LogP contribution in [0.1, 0.15) is 11.1 Å². The quantitative estimate of drug-likeness (QED) is 0.534. The fourth-order valence-corrected chi connectivity index (χ4v) is 2.88. The normalized spacial score (nSPS) is 11.3. The lowest BCUT2D eigenvalue weighted by Gasteiger charge is -2.08. The van der Waals surface area contributed by atoms with E-state index in [0.29, 0.717) is 17.9 Å². The predicted molar refractivity (Wildman–Crippen MR) is 90.3 cm³/mol. The molecular weight excluding hydrogens is 339 g/mol. The summed E-state index contributed by atoms with van der Waals surface area (Å²) in [7, 11) is 3.00. The molecule has 2 aromatic heterocycles. The van der Waals surface area contributed by atoms with Gasteiger partial charge >= 0.3 is 5.69 Å². The maximum atomic E-state index is 12.4. The Bertz CT molecular complexity index is 999. The highest BCUT2D eigenvalue weighted by Gasteiger charge is 2.18. The molecule has 0 bridgehead atoms. The predicted octanol–water partition coefficient (Wildman–Crippen LogP) is 1.87. The average molecular weight is 353 g/mol. The highest BCUT2D eigenvalue weighted by atomic mass is 35.5. The van der Waals surface area contributed by atoms with Gasteiger partial charge in [0.1, 0.15) is 0 Å². The zero-order valence-electron chi connectivity index (χ0n) is 12.6. The number of aryl methyl sites for hydroxylation is 1. The van der Waals surface area contributed by atoms with Crippen molar-refractivity contribution < 1.29 is 0 Å². The van der Waals surface area contributed by atoms with Crippen LogP contribution < -0.4 is 11.2 Å². The molecule has 0 aliphatic rings. The van der Waals surface area contributed by atoms with E-state index in [9.17, 15) is 9.59 Å². The molecule has 0 saturated carbocycles. The van der Waals surface area contributed by atoms with Gasteiger partial charge in [0, 0.05) is 20.0 Å². The Balaban J connectivity index is 2.19. The lowest BCUT2D eigenvalue weighted by Crippen LogP contribution is -2.37. The minimum atomic E-state index is -0.435. The Morgan fingerprint density at radius 3 is 2.26 bits per heavy atom. The van der Waals surface area contributed by atoms with E-state index in [4.69, 9.17) is 23.2 Å². The van der Waals surface area contributed by atoms with Crippen molar-refractivity contribution in [3.05, 3.63) is 61.5 Å². The first-order valence-electron chi connectivity index (χ1n) is 6.89. The first kappa shape index (κ1) is 15.8. The van der Waals surface area contributed by atoms with Gasteiger partial charge in [-0.05, 0) is 22.7 Å². The Morgan fingerprint density at radius 2 is 1.65 bits per heavy atom. The SMILES string of the molecule is Cn1c(=O)c2c(nc(Cl)n2Cc2ccc(CCl)cc2)n(C)c1=O. The van der Waals surface area contributed by atoms with Crippen LogP contribution in [0.5, 0.6) is 0 Å². The molecule has 0 fully saturated rings. The van der Waals surface area contributed by atoms with Gasteiger partial charge in [0.05, 0.1) is 6.54 Å². The lowest BCUT2D eigenvalue weighted by molar-refractivity contribution is 0.702. The van der Waals surface area contributed by atoms with Crippen LogP contribution in [-0.4, -0.2) is 18.7 Å². The summed E-state index contributed by atoms with van der Waals surface area (Å²) in [6.07, 6.45) is 0. The van der Waals surface area contributed by atoms with E-state index in [0.717, 1.165) is 15.7 Å². The molecule has 0 radical (unpaired) electrons. The van der Waals surface area contributed by atoms with E-state index in [-0.39, 0.29) is 10.9 Å². The molecule has 0 saturated heterocycles. The molecule has 0 spiro atoms. The Kier molecular flexibility index (Phi) is 4.04. The number of fused-ring (bicyclic) bond motifs is 1. The van der Waals surface area contributed by atoms with Crippen molar-refractivity contribution in [3.63, 3.8) is 0 Å². The van der Waals surface area contributed by atoms with E-state index in [2.05, 4.69) is 4.98 Å². The summed E-state index contributed by atoms with van der Waals surface area (Å²) in [5, 5.41) is 0.166. The maximum Gasteiger partial charge on any atom is 0.332 e. The molecule has 0 aliphatic heterocycles. The molecule has 0 unspecified atom stereocenters. The monoisotopic (exact) mass is 352 g/mol. The van der Waals surface area contributed by atoms with Crippen molar-refractivity contribution >= 4 is 34.4 Å². The number of aromatic nitrogens is 4. The standard InChI is InChI=1S/C15H14Cl2N4O2/c1-19-12-11(13(22)20(2)15(19)23)21(14(17)18-12)8-10-5-3-9(7-16)4-6-10/h3-6H,7-8H2,1-2H3. The molecule has 0 atom stereocenters. The Labute approximate surface area is 141 Å². The van der Waals surface area contributed by atoms with Crippen molar-refractivity contribution in [2.24, 2.45) is 14.1 Å². The molecule has 120 valence electrons. The third-order valence-electron chi connectivity index (χ3n) is 3.82. The highest BCUT2D eigenvalue weighted by Crippen LogP contribution is 2.18. The van der Waals surface area contributed by atoms with Gasteiger partial charge < -0.3 is 4.57 Å². The largest absolute Gasteiger partial charge is 0.332 e. The molecule has 0 amide bonds. The molecule has 2 heterocycles. The van der Waals surface area contributed by atoms with E-state index >= 15 is 0 Å². The number of alkyl halides is 1. The molecule has 6 nitrogen and oxygen atoms in total. The number of halogens is 2. The molecule has 1 aromatic carbocycles. The molecule has 0 aliphatic carbocycles. The molecule has 3 rings (SSSR count). The average Bonchev–Trinajstić information content (AvgIpc) is 2.88. The van der Waals surface area contributed by atoms with Gasteiger partial charge in [0.15, 0.2) is 11.2 Å². The van der Waals surface area contributed by atoms with Gasteiger partial charge in [-0.3, -0.25) is 13.9 Å². The highest BCUT2D eigenvalue weighted by molar-refractivity contribution is 6.29. The van der Waals surface area contributed by atoms with Crippen LogP contribution in [0.4, 0.5) is 0 Å². The number of nitrogens with zero attached hydrogens (tertiary/aromatic N) is 4. The van der Waals surface area contributed by atoms with Crippen molar-refractivity contribution in [1.29, 1.82) is 0 Å². The number of benzene rings is 1. The second kappa shape index (κ2) is 5.86. The number of hydrogen-bond donors (Lipinski definition) is 0. The summed E-state index contributed by atoms with van der Waals surface area (Å²) < 4.78 is 3.97. The third-order valence-corrected chi connectivity index (χ3v) is 4.42. The zero-order valence-corrected chi connectivity index (χ0v) is 14.1. The fourth-order valence-electron chi connectivity index (χ4n) is 2.48. The van der Waals surface area contributed by atoms with Crippen molar-refractivity contribution in [2.75, 3.05) is 0 Å². The summed E-state index contributed by atoms with van der Waals surface area (Å²) in [5.74, 6) is 0.442. The van der Waals surface area contributed by atoms with E-state index in [1.54, 1.807) is 11.6 Å². The van der Waals surface area contributed by atoms with Crippen LogP contribution in [0.2, 0.25) is 5.28 Å². The zero-order chi connectivity index (χ0) is 16.7. The first-order chi connectivity index (χ1) is 10.9. The van der Waals surface area contributed by atoms with Gasteiger partial charge in [-0.2, -0.15) is 4.98 Å². The Hall–Kier alpha value is -2.05. The summed E-state index contributed by atoms with van der Waals surface area (Å²) in [6, 6.07) is 7.69. The van der Waals surface area contributed by atoms with Crippen LogP contribution in [0, 0.1) is 0 Å². The van der Waals surface area contributed by atoms with Gasteiger partial charge in [-0.15, -0.1) is 11.6 Å². The number of hydrogen-bond acceptors (Lipinski definition) is 3. The van der Waals surface area contributed by atoms with Crippen LogP contribution in [-0.2, 0) is 26.5 Å². The Morgan fingerprint density at radius 1 is 1.04 bits per heavy atom. The summed E-state index contributed by atoms with van der Waals surface area (Å²) >= 11 is 12.0. The van der Waals surface area contributed by atoms with Gasteiger partial charge in [-0.1, -0.05) is 24.3 Å². The minimum Gasteiger partial charge on any atom is -0.304 e. The maximum absolute atomic E-state index is 12.4. The van der Waals surface area contributed by atoms with Crippen LogP contribution in [0.3, 0.4) is 0 Å². The number of imidazole rings is 1. The molecule has 0 N–H and O–H groups in total. The second-order valence-corrected chi connectivity index (χ2v) is 5.90. The third kappa shape index (κ3) is 2.58. The molecule has 3 aromatic rings. The van der Waals surface area contributed by atoms with E-state index < -0.39 is 11.2 Å². The minimum absolute atomic E-state index is 0.166. The summed E-state index contributed by atoms with van der Waals surface area (Å²) in [5.41, 5.74) is 1.70. The second-order valence-electron chi connectivity index (χ2n) is 5.30. The van der Waals surface area contributed by atoms with Crippen molar-refractivity contribution in [1.82, 2.24) is 18.7 Å². The fraction of sp³-hybridized carbons (Fsp3) is 0.267. The van der Waals surface area contributed by atoms with Crippen LogP contribution in [0.25, 0.3) is 11.2 Å².